The summed E-state index contributed by atoms with van der Waals surface area (Å²) in [6, 6.07) is 3.05. The lowest BCUT2D eigenvalue weighted by molar-refractivity contribution is -0.230. The standard InChI is InChI=1S/C24H32O6/c1-22-9-7-15(25)11-14(22)4-5-17-19(22)20(27)21(28)23(2)16(8-10-24(17,23)29)13-3-6-18(26)30-12-13/h3,6,12,14-17,19,21,25,28-29H,4-5,7-11H2,1-2H3/t14-,15+,16-,17-,19-,21-,22+,23+,24+/m0/s1. The lowest BCUT2D eigenvalue weighted by Gasteiger charge is -2.63. The van der Waals surface area contributed by atoms with Gasteiger partial charge < -0.3 is 19.7 Å². The van der Waals surface area contributed by atoms with Gasteiger partial charge in [-0.25, -0.2) is 4.79 Å². The number of aliphatic hydroxyl groups excluding tert-OH is 2. The fourth-order valence-electron chi connectivity index (χ4n) is 8.09. The molecule has 0 aromatic carbocycles. The molecule has 1 aromatic rings. The molecule has 3 N–H and O–H groups in total. The molecule has 0 unspecified atom stereocenters. The Labute approximate surface area is 176 Å². The Balaban J connectivity index is 1.58. The summed E-state index contributed by atoms with van der Waals surface area (Å²) in [7, 11) is 0. The van der Waals surface area contributed by atoms with Crippen LogP contribution in [0.1, 0.15) is 70.3 Å². The molecule has 0 saturated heterocycles. The maximum atomic E-state index is 13.7. The first kappa shape index (κ1) is 20.4. The molecule has 0 bridgehead atoms. The minimum Gasteiger partial charge on any atom is -0.431 e. The SMILES string of the molecule is C[C@@]12CC[C@@H](O)C[C@@H]1CC[C@H]1[C@H]2C(=O)[C@H](O)[C@@]2(C)[C@H](c3ccc(=O)oc3)CC[C@@]12O. The first-order valence-electron chi connectivity index (χ1n) is 11.3. The van der Waals surface area contributed by atoms with Crippen LogP contribution in [-0.2, 0) is 4.79 Å². The van der Waals surface area contributed by atoms with E-state index in [1.54, 1.807) is 6.07 Å². The van der Waals surface area contributed by atoms with Gasteiger partial charge in [-0.15, -0.1) is 0 Å². The molecule has 5 rings (SSSR count). The van der Waals surface area contributed by atoms with Crippen molar-refractivity contribution in [3.05, 3.63) is 34.4 Å². The summed E-state index contributed by atoms with van der Waals surface area (Å²) in [5.41, 5.74) is -2.17. The highest BCUT2D eigenvalue weighted by Gasteiger charge is 2.73. The summed E-state index contributed by atoms with van der Waals surface area (Å²) >= 11 is 0. The summed E-state index contributed by atoms with van der Waals surface area (Å²) in [5, 5.41) is 33.7. The van der Waals surface area contributed by atoms with E-state index in [1.165, 1.54) is 12.3 Å². The van der Waals surface area contributed by atoms with Crippen molar-refractivity contribution in [2.75, 3.05) is 0 Å². The van der Waals surface area contributed by atoms with E-state index in [0.29, 0.717) is 25.7 Å². The Bertz CT molecular complexity index is 904. The van der Waals surface area contributed by atoms with Crippen LogP contribution in [0.5, 0.6) is 0 Å². The van der Waals surface area contributed by atoms with E-state index in [9.17, 15) is 24.9 Å². The topological polar surface area (TPSA) is 108 Å². The van der Waals surface area contributed by atoms with Gasteiger partial charge in [0.2, 0.25) is 0 Å². The van der Waals surface area contributed by atoms with Crippen LogP contribution in [0.4, 0.5) is 0 Å². The third-order valence-electron chi connectivity index (χ3n) is 9.80. The zero-order valence-electron chi connectivity index (χ0n) is 17.7. The van der Waals surface area contributed by atoms with Gasteiger partial charge in [-0.05, 0) is 79.7 Å². The number of Topliss-reactive ketones (excluding diaryl/α,β-unsaturated/α-hetero) is 1. The highest BCUT2D eigenvalue weighted by atomic mass is 16.4. The number of hydrogen-bond donors (Lipinski definition) is 3. The molecule has 30 heavy (non-hydrogen) atoms. The average molecular weight is 417 g/mol. The van der Waals surface area contributed by atoms with Crippen LogP contribution in [-0.4, -0.2) is 38.9 Å². The lowest BCUT2D eigenvalue weighted by atomic mass is 9.42. The third-order valence-corrected chi connectivity index (χ3v) is 9.80. The van der Waals surface area contributed by atoms with Gasteiger partial charge in [-0.2, -0.15) is 0 Å². The molecule has 1 aromatic heterocycles. The van der Waals surface area contributed by atoms with Crippen molar-refractivity contribution < 1.29 is 24.5 Å². The molecule has 4 fully saturated rings. The van der Waals surface area contributed by atoms with Gasteiger partial charge in [0.05, 0.1) is 18.0 Å². The molecule has 4 aliphatic rings. The van der Waals surface area contributed by atoms with Crippen LogP contribution in [0.2, 0.25) is 0 Å². The number of fused-ring (bicyclic) bond motifs is 5. The van der Waals surface area contributed by atoms with E-state index < -0.39 is 22.7 Å². The first-order valence-corrected chi connectivity index (χ1v) is 11.3. The summed E-state index contributed by atoms with van der Waals surface area (Å²) in [6.45, 7) is 3.98. The minimum absolute atomic E-state index is 0.153. The summed E-state index contributed by atoms with van der Waals surface area (Å²) < 4.78 is 5.07. The maximum absolute atomic E-state index is 13.7. The van der Waals surface area contributed by atoms with Crippen molar-refractivity contribution in [1.29, 1.82) is 0 Å². The zero-order valence-corrected chi connectivity index (χ0v) is 17.7. The van der Waals surface area contributed by atoms with E-state index in [0.717, 1.165) is 24.8 Å². The van der Waals surface area contributed by atoms with Crippen molar-refractivity contribution in [2.45, 2.75) is 82.5 Å². The molecule has 0 radical (unpaired) electrons. The van der Waals surface area contributed by atoms with Crippen LogP contribution in [0.25, 0.3) is 0 Å². The van der Waals surface area contributed by atoms with Crippen molar-refractivity contribution in [3.63, 3.8) is 0 Å². The second kappa shape index (κ2) is 6.50. The second-order valence-electron chi connectivity index (χ2n) is 10.8. The normalized spacial score (nSPS) is 50.5. The van der Waals surface area contributed by atoms with Crippen LogP contribution in [0.15, 0.2) is 27.6 Å². The molecule has 6 heteroatoms. The minimum atomic E-state index is -1.27. The lowest BCUT2D eigenvalue weighted by Crippen LogP contribution is -2.70. The predicted molar refractivity (Wildman–Crippen MR) is 109 cm³/mol. The highest BCUT2D eigenvalue weighted by molar-refractivity contribution is 5.89. The molecular weight excluding hydrogens is 384 g/mol. The molecule has 1 heterocycles. The van der Waals surface area contributed by atoms with Gasteiger partial charge in [-0.1, -0.05) is 13.8 Å². The van der Waals surface area contributed by atoms with Crippen LogP contribution >= 0.6 is 0 Å². The van der Waals surface area contributed by atoms with Gasteiger partial charge in [0.15, 0.2) is 5.78 Å². The Morgan fingerprint density at radius 3 is 2.50 bits per heavy atom. The van der Waals surface area contributed by atoms with Gasteiger partial charge in [-0.3, -0.25) is 4.79 Å². The molecule has 164 valence electrons. The molecule has 0 spiro atoms. The molecule has 4 aliphatic carbocycles. The zero-order chi connectivity index (χ0) is 21.5. The van der Waals surface area contributed by atoms with Gasteiger partial charge in [0.25, 0.3) is 0 Å². The Morgan fingerprint density at radius 2 is 1.80 bits per heavy atom. The van der Waals surface area contributed by atoms with Crippen LogP contribution in [0.3, 0.4) is 0 Å². The predicted octanol–water partition coefficient (Wildman–Crippen LogP) is 2.39. The fraction of sp³-hybridized carbons (Fsp3) is 0.750. The first-order chi connectivity index (χ1) is 14.1. The number of ketones is 1. The molecular formula is C24H32O6. The van der Waals surface area contributed by atoms with E-state index >= 15 is 0 Å². The van der Waals surface area contributed by atoms with E-state index in [1.807, 2.05) is 6.92 Å². The summed E-state index contributed by atoms with van der Waals surface area (Å²) in [4.78, 5) is 25.1. The van der Waals surface area contributed by atoms with E-state index in [-0.39, 0.29) is 41.0 Å². The molecule has 6 nitrogen and oxygen atoms in total. The average Bonchev–Trinajstić information content (AvgIpc) is 3.00. The van der Waals surface area contributed by atoms with Crippen molar-refractivity contribution >= 4 is 5.78 Å². The fourth-order valence-corrected chi connectivity index (χ4v) is 8.09. The summed E-state index contributed by atoms with van der Waals surface area (Å²) in [6.07, 6.45) is 4.71. The largest absolute Gasteiger partial charge is 0.431 e. The maximum Gasteiger partial charge on any atom is 0.335 e. The Kier molecular flexibility index (Phi) is 4.42. The molecule has 9 atom stereocenters. The monoisotopic (exact) mass is 416 g/mol. The van der Waals surface area contributed by atoms with Gasteiger partial charge >= 0.3 is 5.63 Å². The number of aliphatic hydroxyl groups is 3. The number of hydrogen-bond acceptors (Lipinski definition) is 6. The van der Waals surface area contributed by atoms with Gasteiger partial charge in [0, 0.05) is 17.4 Å². The van der Waals surface area contributed by atoms with E-state index in [2.05, 4.69) is 6.92 Å². The smallest absolute Gasteiger partial charge is 0.335 e. The van der Waals surface area contributed by atoms with Crippen molar-refractivity contribution in [1.82, 2.24) is 0 Å². The van der Waals surface area contributed by atoms with Crippen molar-refractivity contribution in [2.24, 2.45) is 28.6 Å². The quantitative estimate of drug-likeness (QED) is 0.649. The highest BCUT2D eigenvalue weighted by Crippen LogP contribution is 2.69. The molecule has 0 amide bonds. The molecule has 4 saturated carbocycles. The van der Waals surface area contributed by atoms with Gasteiger partial charge in [0.1, 0.15) is 6.10 Å². The van der Waals surface area contributed by atoms with Crippen molar-refractivity contribution in [3.8, 4) is 0 Å². The van der Waals surface area contributed by atoms with Crippen LogP contribution < -0.4 is 5.63 Å². The second-order valence-corrected chi connectivity index (χ2v) is 10.8. The third kappa shape index (κ3) is 2.41. The molecule has 0 aliphatic heterocycles. The Hall–Kier alpha value is -1.50. The Morgan fingerprint density at radius 1 is 1.03 bits per heavy atom. The number of carbonyl (C=O) groups is 1. The summed E-state index contributed by atoms with van der Waals surface area (Å²) in [5.74, 6) is -0.752. The number of carbonyl (C=O) groups excluding carboxylic acids is 1. The number of rotatable bonds is 1. The van der Waals surface area contributed by atoms with E-state index in [4.69, 9.17) is 4.42 Å². The van der Waals surface area contributed by atoms with Crippen LogP contribution in [0, 0.1) is 28.6 Å².